The van der Waals surface area contributed by atoms with Gasteiger partial charge in [0.25, 0.3) is 11.6 Å². The molecule has 0 fully saturated rings. The zero-order valence-electron chi connectivity index (χ0n) is 13.4. The normalized spacial score (nSPS) is 15.0. The summed E-state index contributed by atoms with van der Waals surface area (Å²) in [6, 6.07) is 9.60. The zero-order chi connectivity index (χ0) is 17.6. The summed E-state index contributed by atoms with van der Waals surface area (Å²) in [6.07, 6.45) is -4.61. The molecule has 4 rings (SSSR count). The molecule has 1 aliphatic rings. The van der Waals surface area contributed by atoms with Gasteiger partial charge in [-0.15, -0.1) is 5.10 Å². The number of halogens is 3. The van der Waals surface area contributed by atoms with Crippen molar-refractivity contribution in [2.24, 2.45) is 0 Å². The van der Waals surface area contributed by atoms with Crippen LogP contribution in [-0.4, -0.2) is 32.7 Å². The highest BCUT2D eigenvalue weighted by molar-refractivity contribution is 5.56. The predicted molar refractivity (Wildman–Crippen MR) is 86.5 cm³/mol. The van der Waals surface area contributed by atoms with Crippen LogP contribution in [0, 0.1) is 6.92 Å². The van der Waals surface area contributed by atoms with Crippen molar-refractivity contribution in [3.63, 3.8) is 0 Å². The number of aromatic nitrogens is 4. The maximum absolute atomic E-state index is 13.0. The van der Waals surface area contributed by atoms with E-state index in [1.165, 1.54) is 4.52 Å². The number of anilines is 2. The second-order valence-corrected chi connectivity index (χ2v) is 5.91. The lowest BCUT2D eigenvalue weighted by Gasteiger charge is -2.23. The van der Waals surface area contributed by atoms with Gasteiger partial charge in [0.15, 0.2) is 0 Å². The van der Waals surface area contributed by atoms with Gasteiger partial charge >= 0.3 is 6.18 Å². The van der Waals surface area contributed by atoms with E-state index < -0.39 is 12.0 Å². The molecule has 0 amide bonds. The molecule has 2 aromatic heterocycles. The molecule has 1 N–H and O–H groups in total. The summed E-state index contributed by atoms with van der Waals surface area (Å²) in [4.78, 5) is 9.60. The van der Waals surface area contributed by atoms with Crippen LogP contribution in [0.1, 0.15) is 17.1 Å². The van der Waals surface area contributed by atoms with Gasteiger partial charge in [-0.3, -0.25) is 0 Å². The maximum Gasteiger partial charge on any atom is 0.453 e. The SMILES string of the molecule is Cc1cc(N2CCNc3ccccc3C2)n2nc(C(F)(F)F)nc2n1. The standard InChI is InChI=1S/C16H15F3N6/c1-10-8-13(25-15(21-10)22-14(23-25)16(17,18)19)24-7-6-20-12-5-3-2-4-11(12)9-24/h2-5,8,20H,6-7,9H2,1H3. The lowest BCUT2D eigenvalue weighted by Crippen LogP contribution is -2.28. The Labute approximate surface area is 141 Å². The van der Waals surface area contributed by atoms with Gasteiger partial charge in [0.05, 0.1) is 0 Å². The Morgan fingerprint density at radius 2 is 1.96 bits per heavy atom. The summed E-state index contributed by atoms with van der Waals surface area (Å²) in [5.41, 5.74) is 2.69. The van der Waals surface area contributed by atoms with Crippen LogP contribution in [0.5, 0.6) is 0 Å². The summed E-state index contributed by atoms with van der Waals surface area (Å²) in [6.45, 7) is 3.58. The van der Waals surface area contributed by atoms with Crippen molar-refractivity contribution in [3.8, 4) is 0 Å². The van der Waals surface area contributed by atoms with Gasteiger partial charge in [-0.2, -0.15) is 22.7 Å². The van der Waals surface area contributed by atoms with Crippen LogP contribution >= 0.6 is 0 Å². The number of hydrogen-bond acceptors (Lipinski definition) is 5. The number of benzene rings is 1. The third kappa shape index (κ3) is 2.86. The van der Waals surface area contributed by atoms with Crippen LogP contribution < -0.4 is 10.2 Å². The average molecular weight is 348 g/mol. The largest absolute Gasteiger partial charge is 0.453 e. The number of nitrogens with zero attached hydrogens (tertiary/aromatic N) is 5. The van der Waals surface area contributed by atoms with Gasteiger partial charge in [-0.1, -0.05) is 18.2 Å². The third-order valence-electron chi connectivity index (χ3n) is 4.07. The Morgan fingerprint density at radius 3 is 2.76 bits per heavy atom. The topological polar surface area (TPSA) is 58.4 Å². The van der Waals surface area contributed by atoms with Crippen LogP contribution in [0.2, 0.25) is 0 Å². The summed E-state index contributed by atoms with van der Waals surface area (Å²) in [5.74, 6) is -0.683. The van der Waals surface area contributed by atoms with E-state index in [1.807, 2.05) is 29.2 Å². The van der Waals surface area contributed by atoms with Crippen LogP contribution in [0.25, 0.3) is 5.78 Å². The van der Waals surface area contributed by atoms with E-state index in [4.69, 9.17) is 0 Å². The number of fused-ring (bicyclic) bond motifs is 2. The van der Waals surface area contributed by atoms with Crippen LogP contribution in [-0.2, 0) is 12.7 Å². The van der Waals surface area contributed by atoms with Crippen molar-refractivity contribution >= 4 is 17.3 Å². The maximum atomic E-state index is 13.0. The molecular formula is C16H15F3N6. The second kappa shape index (κ2) is 5.61. The molecule has 1 aliphatic heterocycles. The van der Waals surface area contributed by atoms with Crippen molar-refractivity contribution < 1.29 is 13.2 Å². The first-order valence-electron chi connectivity index (χ1n) is 7.80. The highest BCUT2D eigenvalue weighted by atomic mass is 19.4. The Kier molecular flexibility index (Phi) is 3.52. The fourth-order valence-electron chi connectivity index (χ4n) is 2.95. The van der Waals surface area contributed by atoms with Crippen molar-refractivity contribution in [2.45, 2.75) is 19.6 Å². The van der Waals surface area contributed by atoms with E-state index in [-0.39, 0.29) is 5.78 Å². The van der Waals surface area contributed by atoms with E-state index in [1.54, 1.807) is 13.0 Å². The molecule has 0 saturated heterocycles. The number of alkyl halides is 3. The van der Waals surface area contributed by atoms with Crippen molar-refractivity contribution in [1.82, 2.24) is 19.6 Å². The summed E-state index contributed by atoms with van der Waals surface area (Å²) < 4.78 is 40.1. The number of nitrogens with one attached hydrogen (secondary N) is 1. The van der Waals surface area contributed by atoms with Gasteiger partial charge in [-0.25, -0.2) is 4.98 Å². The molecule has 0 radical (unpaired) electrons. The Bertz CT molecular complexity index is 933. The molecule has 0 aliphatic carbocycles. The fraction of sp³-hybridized carbons (Fsp3) is 0.312. The monoisotopic (exact) mass is 348 g/mol. The molecule has 3 heterocycles. The average Bonchev–Trinajstić information content (AvgIpc) is 2.87. The van der Waals surface area contributed by atoms with Crippen molar-refractivity contribution in [1.29, 1.82) is 0 Å². The highest BCUT2D eigenvalue weighted by Crippen LogP contribution is 2.29. The summed E-state index contributed by atoms with van der Waals surface area (Å²) in [7, 11) is 0. The quantitative estimate of drug-likeness (QED) is 0.733. The van der Waals surface area contributed by atoms with Gasteiger partial charge in [-0.05, 0) is 18.6 Å². The minimum absolute atomic E-state index is 0.0483. The van der Waals surface area contributed by atoms with Gasteiger partial charge in [0.1, 0.15) is 5.82 Å². The number of para-hydroxylation sites is 1. The zero-order valence-corrected chi connectivity index (χ0v) is 13.4. The van der Waals surface area contributed by atoms with Gasteiger partial charge < -0.3 is 10.2 Å². The molecule has 3 aromatic rings. The van der Waals surface area contributed by atoms with E-state index in [0.717, 1.165) is 11.3 Å². The molecule has 0 unspecified atom stereocenters. The van der Waals surface area contributed by atoms with Crippen molar-refractivity contribution in [2.75, 3.05) is 23.3 Å². The molecule has 0 saturated carbocycles. The Morgan fingerprint density at radius 1 is 1.16 bits per heavy atom. The first kappa shape index (κ1) is 15.7. The van der Waals surface area contributed by atoms with E-state index in [0.29, 0.717) is 31.1 Å². The molecule has 0 atom stereocenters. The Hall–Kier alpha value is -2.84. The Balaban J connectivity index is 1.82. The molecular weight excluding hydrogens is 333 g/mol. The first-order chi connectivity index (χ1) is 11.9. The lowest BCUT2D eigenvalue weighted by atomic mass is 10.1. The molecule has 0 spiro atoms. The molecule has 9 heteroatoms. The smallest absolute Gasteiger partial charge is 0.383 e. The highest BCUT2D eigenvalue weighted by Gasteiger charge is 2.37. The summed E-state index contributed by atoms with van der Waals surface area (Å²) >= 11 is 0. The van der Waals surface area contributed by atoms with Crippen LogP contribution in [0.15, 0.2) is 30.3 Å². The molecule has 130 valence electrons. The number of rotatable bonds is 1. The first-order valence-corrected chi connectivity index (χ1v) is 7.80. The molecule has 0 bridgehead atoms. The lowest BCUT2D eigenvalue weighted by molar-refractivity contribution is -0.144. The van der Waals surface area contributed by atoms with E-state index >= 15 is 0 Å². The number of hydrogen-bond donors (Lipinski definition) is 1. The van der Waals surface area contributed by atoms with E-state index in [9.17, 15) is 13.2 Å². The molecule has 6 nitrogen and oxygen atoms in total. The third-order valence-corrected chi connectivity index (χ3v) is 4.07. The minimum Gasteiger partial charge on any atom is -0.383 e. The fourth-order valence-corrected chi connectivity index (χ4v) is 2.95. The number of aryl methyl sites for hydroxylation is 1. The second-order valence-electron chi connectivity index (χ2n) is 5.91. The molecule has 25 heavy (non-hydrogen) atoms. The minimum atomic E-state index is -4.61. The summed E-state index contributed by atoms with van der Waals surface area (Å²) in [5, 5.41) is 6.98. The van der Waals surface area contributed by atoms with Gasteiger partial charge in [0.2, 0.25) is 0 Å². The predicted octanol–water partition coefficient (Wildman–Crippen LogP) is 2.88. The van der Waals surface area contributed by atoms with Gasteiger partial charge in [0, 0.05) is 37.1 Å². The molecule has 1 aromatic carbocycles. The van der Waals surface area contributed by atoms with Crippen molar-refractivity contribution in [3.05, 3.63) is 47.4 Å². The van der Waals surface area contributed by atoms with Crippen LogP contribution in [0.3, 0.4) is 0 Å². The van der Waals surface area contributed by atoms with Crippen LogP contribution in [0.4, 0.5) is 24.7 Å². The van der Waals surface area contributed by atoms with E-state index in [2.05, 4.69) is 20.4 Å².